The molecule has 0 atom stereocenters. The maximum atomic E-state index is 12.6. The first-order valence-corrected chi connectivity index (χ1v) is 10.1. The van der Waals surface area contributed by atoms with Gasteiger partial charge in [0.05, 0.1) is 10.6 Å². The third kappa shape index (κ3) is 3.84. The first-order chi connectivity index (χ1) is 13.0. The van der Waals surface area contributed by atoms with Crippen LogP contribution in [0.2, 0.25) is 0 Å². The second-order valence-electron chi connectivity index (χ2n) is 5.94. The van der Waals surface area contributed by atoms with E-state index in [9.17, 15) is 13.5 Å². The Kier molecular flexibility index (Phi) is 5.53. The number of fused-ring (bicyclic) bond motifs is 1. The molecule has 3 rings (SSSR count). The molecule has 0 aliphatic rings. The first kappa shape index (κ1) is 19.0. The minimum Gasteiger partial charge on any atom is -0.505 e. The van der Waals surface area contributed by atoms with E-state index >= 15 is 0 Å². The average Bonchev–Trinajstić information content (AvgIpc) is 2.69. The minimum absolute atomic E-state index is 0.0452. The quantitative estimate of drug-likeness (QED) is 0.609. The van der Waals surface area contributed by atoms with Gasteiger partial charge in [-0.2, -0.15) is 9.42 Å². The summed E-state index contributed by atoms with van der Waals surface area (Å²) in [6.07, 6.45) is 0. The number of rotatable bonds is 6. The van der Waals surface area contributed by atoms with Crippen molar-refractivity contribution in [1.82, 2.24) is 4.31 Å². The lowest BCUT2D eigenvalue weighted by atomic mass is 10.1. The molecule has 140 valence electrons. The Balaban J connectivity index is 1.94. The first-order valence-electron chi connectivity index (χ1n) is 8.70. The molecule has 0 saturated carbocycles. The van der Waals surface area contributed by atoms with Crippen LogP contribution in [0.15, 0.2) is 75.8 Å². The van der Waals surface area contributed by atoms with Crippen molar-refractivity contribution < 1.29 is 13.5 Å². The highest BCUT2D eigenvalue weighted by atomic mass is 32.2. The van der Waals surface area contributed by atoms with Crippen LogP contribution < -0.4 is 0 Å². The number of sulfonamides is 1. The Hall–Kier alpha value is -2.77. The van der Waals surface area contributed by atoms with E-state index in [4.69, 9.17) is 0 Å². The normalized spacial score (nSPS) is 12.3. The van der Waals surface area contributed by atoms with Gasteiger partial charge in [-0.1, -0.05) is 50.2 Å². The Morgan fingerprint density at radius 3 is 2.41 bits per heavy atom. The van der Waals surface area contributed by atoms with E-state index in [-0.39, 0.29) is 10.6 Å². The standard InChI is InChI=1S/C20H21N3O3S/c1-3-23(4-2)27(25,26)17-10-7-9-16(14-17)21-22-19-13-12-15-8-5-6-11-18(15)20(19)24/h5-14,24H,3-4H2,1-2H3. The highest BCUT2D eigenvalue weighted by Gasteiger charge is 2.21. The van der Waals surface area contributed by atoms with Crippen molar-refractivity contribution in [3.63, 3.8) is 0 Å². The number of nitrogens with zero attached hydrogens (tertiary/aromatic N) is 3. The van der Waals surface area contributed by atoms with Gasteiger partial charge in [0, 0.05) is 18.5 Å². The molecule has 27 heavy (non-hydrogen) atoms. The summed E-state index contributed by atoms with van der Waals surface area (Å²) in [7, 11) is -3.56. The lowest BCUT2D eigenvalue weighted by Gasteiger charge is -2.18. The molecule has 0 radical (unpaired) electrons. The number of azo groups is 1. The summed E-state index contributed by atoms with van der Waals surface area (Å²) >= 11 is 0. The van der Waals surface area contributed by atoms with Gasteiger partial charge >= 0.3 is 0 Å². The van der Waals surface area contributed by atoms with E-state index in [0.717, 1.165) is 5.39 Å². The van der Waals surface area contributed by atoms with Gasteiger partial charge in [0.15, 0.2) is 5.75 Å². The second-order valence-corrected chi connectivity index (χ2v) is 7.88. The maximum Gasteiger partial charge on any atom is 0.243 e. The number of hydrogen-bond donors (Lipinski definition) is 1. The van der Waals surface area contributed by atoms with E-state index in [1.807, 2.05) is 24.3 Å². The van der Waals surface area contributed by atoms with Crippen LogP contribution in [0, 0.1) is 0 Å². The number of aromatic hydroxyl groups is 1. The Labute approximate surface area is 158 Å². The summed E-state index contributed by atoms with van der Waals surface area (Å²) in [5, 5.41) is 20.2. The third-order valence-corrected chi connectivity index (χ3v) is 6.36. The highest BCUT2D eigenvalue weighted by Crippen LogP contribution is 2.35. The van der Waals surface area contributed by atoms with Gasteiger partial charge in [0.25, 0.3) is 0 Å². The Morgan fingerprint density at radius 2 is 1.67 bits per heavy atom. The van der Waals surface area contributed by atoms with Crippen LogP contribution in [0.25, 0.3) is 10.8 Å². The molecule has 3 aromatic rings. The van der Waals surface area contributed by atoms with E-state index in [1.54, 1.807) is 44.2 Å². The van der Waals surface area contributed by atoms with E-state index < -0.39 is 10.0 Å². The van der Waals surface area contributed by atoms with Crippen LogP contribution in [0.1, 0.15) is 13.8 Å². The summed E-state index contributed by atoms with van der Waals surface area (Å²) in [6.45, 7) is 4.39. The maximum absolute atomic E-state index is 12.6. The van der Waals surface area contributed by atoms with Gasteiger partial charge in [-0.25, -0.2) is 8.42 Å². The molecule has 0 unspecified atom stereocenters. The lowest BCUT2D eigenvalue weighted by Crippen LogP contribution is -2.30. The molecule has 0 aliphatic heterocycles. The van der Waals surface area contributed by atoms with Crippen molar-refractivity contribution in [3.05, 3.63) is 60.7 Å². The molecule has 3 aromatic carbocycles. The van der Waals surface area contributed by atoms with E-state index in [0.29, 0.717) is 29.9 Å². The fraction of sp³-hybridized carbons (Fsp3) is 0.200. The van der Waals surface area contributed by atoms with Crippen LogP contribution in [0.5, 0.6) is 5.75 Å². The van der Waals surface area contributed by atoms with Crippen molar-refractivity contribution in [1.29, 1.82) is 0 Å². The Bertz CT molecular complexity index is 1090. The zero-order valence-corrected chi connectivity index (χ0v) is 16.0. The Morgan fingerprint density at radius 1 is 0.926 bits per heavy atom. The van der Waals surface area contributed by atoms with Crippen LogP contribution in [0.3, 0.4) is 0 Å². The summed E-state index contributed by atoms with van der Waals surface area (Å²) in [5.41, 5.74) is 0.724. The summed E-state index contributed by atoms with van der Waals surface area (Å²) < 4.78 is 26.7. The molecule has 0 amide bonds. The van der Waals surface area contributed by atoms with Crippen molar-refractivity contribution >= 4 is 32.2 Å². The van der Waals surface area contributed by atoms with E-state index in [2.05, 4.69) is 10.2 Å². The molecule has 1 N–H and O–H groups in total. The van der Waals surface area contributed by atoms with Crippen molar-refractivity contribution in [2.45, 2.75) is 18.7 Å². The van der Waals surface area contributed by atoms with Crippen LogP contribution in [0.4, 0.5) is 11.4 Å². The topological polar surface area (TPSA) is 82.3 Å². The summed E-state index contributed by atoms with van der Waals surface area (Å²) in [5.74, 6) is 0.0452. The lowest BCUT2D eigenvalue weighted by molar-refractivity contribution is 0.445. The fourth-order valence-electron chi connectivity index (χ4n) is 2.85. The summed E-state index contributed by atoms with van der Waals surface area (Å²) in [4.78, 5) is 0.172. The number of hydrogen-bond acceptors (Lipinski definition) is 5. The minimum atomic E-state index is -3.56. The van der Waals surface area contributed by atoms with Gasteiger partial charge < -0.3 is 5.11 Å². The predicted molar refractivity (Wildman–Crippen MR) is 106 cm³/mol. The SMILES string of the molecule is CCN(CC)S(=O)(=O)c1cccc(N=Nc2ccc3ccccc3c2O)c1. The summed E-state index contributed by atoms with van der Waals surface area (Å²) in [6, 6.07) is 17.3. The molecule has 0 aliphatic carbocycles. The van der Waals surface area contributed by atoms with E-state index in [1.165, 1.54) is 10.4 Å². The van der Waals surface area contributed by atoms with Crippen LogP contribution in [-0.4, -0.2) is 30.9 Å². The van der Waals surface area contributed by atoms with Crippen LogP contribution >= 0.6 is 0 Å². The van der Waals surface area contributed by atoms with Gasteiger partial charge in [-0.3, -0.25) is 0 Å². The van der Waals surface area contributed by atoms with Crippen molar-refractivity contribution in [3.8, 4) is 5.75 Å². The molecule has 0 bridgehead atoms. The zero-order valence-electron chi connectivity index (χ0n) is 15.2. The molecule has 0 aromatic heterocycles. The van der Waals surface area contributed by atoms with Crippen LogP contribution in [-0.2, 0) is 10.0 Å². The molecule has 6 nitrogen and oxygen atoms in total. The molecular weight excluding hydrogens is 362 g/mol. The van der Waals surface area contributed by atoms with Gasteiger partial charge in [0.2, 0.25) is 10.0 Å². The molecule has 0 heterocycles. The average molecular weight is 383 g/mol. The second kappa shape index (κ2) is 7.85. The molecular formula is C20H21N3O3S. The largest absolute Gasteiger partial charge is 0.505 e. The number of phenols is 1. The monoisotopic (exact) mass is 383 g/mol. The molecule has 0 fully saturated rings. The smallest absolute Gasteiger partial charge is 0.243 e. The molecule has 0 saturated heterocycles. The third-order valence-electron chi connectivity index (χ3n) is 4.31. The van der Waals surface area contributed by atoms with Crippen molar-refractivity contribution in [2.24, 2.45) is 10.2 Å². The molecule has 0 spiro atoms. The zero-order chi connectivity index (χ0) is 19.4. The highest BCUT2D eigenvalue weighted by molar-refractivity contribution is 7.89. The van der Waals surface area contributed by atoms with Gasteiger partial charge in [-0.15, -0.1) is 5.11 Å². The van der Waals surface area contributed by atoms with Gasteiger partial charge in [-0.05, 0) is 29.7 Å². The number of benzene rings is 3. The van der Waals surface area contributed by atoms with Gasteiger partial charge in [0.1, 0.15) is 5.69 Å². The van der Waals surface area contributed by atoms with Crippen molar-refractivity contribution in [2.75, 3.05) is 13.1 Å². The number of phenolic OH excluding ortho intramolecular Hbond substituents is 1. The fourth-order valence-corrected chi connectivity index (χ4v) is 4.35. The predicted octanol–water partition coefficient (Wildman–Crippen LogP) is 4.99. The molecule has 7 heteroatoms.